The van der Waals surface area contributed by atoms with Crippen molar-refractivity contribution in [3.05, 3.63) is 60.2 Å². The predicted octanol–water partition coefficient (Wildman–Crippen LogP) is 3.84. The van der Waals surface area contributed by atoms with E-state index < -0.39 is 0 Å². The Morgan fingerprint density at radius 1 is 1.06 bits per heavy atom. The number of nitrogens with one attached hydrogen (secondary N) is 1. The number of aromatic hydroxyl groups is 1. The van der Waals surface area contributed by atoms with Crippen molar-refractivity contribution in [1.82, 2.24) is 24.8 Å². The minimum absolute atomic E-state index is 0.0519. The van der Waals surface area contributed by atoms with Gasteiger partial charge >= 0.3 is 0 Å². The Hall–Kier alpha value is -4.27. The molecule has 0 radical (unpaired) electrons. The quantitative estimate of drug-likeness (QED) is 0.440. The van der Waals surface area contributed by atoms with Crippen LogP contribution in [0.5, 0.6) is 5.88 Å². The Labute approximate surface area is 203 Å². The van der Waals surface area contributed by atoms with Crippen molar-refractivity contribution in [3.8, 4) is 17.1 Å². The third-order valence-corrected chi connectivity index (χ3v) is 6.42. The molecule has 0 unspecified atom stereocenters. The molecule has 1 saturated heterocycles. The van der Waals surface area contributed by atoms with Crippen LogP contribution in [0.25, 0.3) is 22.2 Å². The smallest absolute Gasteiger partial charge is 0.219 e. The van der Waals surface area contributed by atoms with Crippen LogP contribution < -0.4 is 4.90 Å². The van der Waals surface area contributed by atoms with Gasteiger partial charge in [0.1, 0.15) is 5.82 Å². The van der Waals surface area contributed by atoms with Crippen molar-refractivity contribution in [3.63, 3.8) is 0 Å². The van der Waals surface area contributed by atoms with Crippen molar-refractivity contribution in [2.24, 2.45) is 4.99 Å². The molecule has 9 heteroatoms. The van der Waals surface area contributed by atoms with Crippen LogP contribution in [0, 0.1) is 6.92 Å². The summed E-state index contributed by atoms with van der Waals surface area (Å²) in [7, 11) is 0. The number of rotatable bonds is 4. The van der Waals surface area contributed by atoms with Gasteiger partial charge in [-0.1, -0.05) is 0 Å². The molecule has 0 atom stereocenters. The first kappa shape index (κ1) is 22.5. The number of carbonyl (C=O) groups is 1. The number of fused-ring (bicyclic) bond motifs is 1. The number of aromatic amines is 1. The number of pyridine rings is 3. The molecular formula is C26H27N7O2. The van der Waals surface area contributed by atoms with E-state index in [1.807, 2.05) is 43.0 Å². The van der Waals surface area contributed by atoms with E-state index in [0.29, 0.717) is 30.1 Å². The summed E-state index contributed by atoms with van der Waals surface area (Å²) in [4.78, 5) is 36.6. The largest absolute Gasteiger partial charge is 0.494 e. The fourth-order valence-corrected chi connectivity index (χ4v) is 4.46. The van der Waals surface area contributed by atoms with Crippen LogP contribution in [-0.2, 0) is 4.79 Å². The van der Waals surface area contributed by atoms with Crippen LogP contribution in [0.1, 0.15) is 25.0 Å². The van der Waals surface area contributed by atoms with E-state index in [9.17, 15) is 9.90 Å². The summed E-state index contributed by atoms with van der Waals surface area (Å²) < 4.78 is 0. The summed E-state index contributed by atoms with van der Waals surface area (Å²) in [6.07, 6.45) is 7.00. The summed E-state index contributed by atoms with van der Waals surface area (Å²) in [6, 6.07) is 7.76. The van der Waals surface area contributed by atoms with Crippen LogP contribution in [0.15, 0.2) is 54.0 Å². The van der Waals surface area contributed by atoms with Gasteiger partial charge in [-0.25, -0.2) is 4.98 Å². The van der Waals surface area contributed by atoms with E-state index in [-0.39, 0.29) is 11.8 Å². The molecule has 1 amide bonds. The maximum atomic E-state index is 11.5. The van der Waals surface area contributed by atoms with E-state index in [2.05, 4.69) is 24.8 Å². The lowest BCUT2D eigenvalue weighted by Gasteiger charge is -2.34. The molecule has 1 fully saturated rings. The number of piperazine rings is 1. The number of H-pyrrole nitrogens is 1. The molecule has 5 rings (SSSR count). The normalized spacial score (nSPS) is 14.5. The molecule has 5 heterocycles. The molecule has 0 bridgehead atoms. The molecule has 0 aliphatic carbocycles. The van der Waals surface area contributed by atoms with Gasteiger partial charge in [0, 0.05) is 56.4 Å². The zero-order chi connectivity index (χ0) is 24.5. The van der Waals surface area contributed by atoms with Crippen LogP contribution in [-0.4, -0.2) is 67.7 Å². The second kappa shape index (κ2) is 9.17. The SMILES string of the molecule is CC(=O)N1CCN(c2ccc(N=C(C)c3c(O)[nH]c4cnc(-c5cnccc5C)cc34)cn2)CC1. The van der Waals surface area contributed by atoms with Crippen molar-refractivity contribution in [2.75, 3.05) is 31.1 Å². The Bertz CT molecular complexity index is 1420. The molecule has 1 aliphatic heterocycles. The first-order valence-electron chi connectivity index (χ1n) is 11.5. The van der Waals surface area contributed by atoms with Crippen LogP contribution in [0.4, 0.5) is 11.5 Å². The lowest BCUT2D eigenvalue weighted by Crippen LogP contribution is -2.48. The molecule has 178 valence electrons. The van der Waals surface area contributed by atoms with Gasteiger partial charge in [0.25, 0.3) is 0 Å². The predicted molar refractivity (Wildman–Crippen MR) is 136 cm³/mol. The molecule has 35 heavy (non-hydrogen) atoms. The Morgan fingerprint density at radius 2 is 1.86 bits per heavy atom. The van der Waals surface area contributed by atoms with Gasteiger partial charge in [-0.3, -0.25) is 19.8 Å². The maximum absolute atomic E-state index is 11.5. The molecule has 0 aromatic carbocycles. The number of amides is 1. The maximum Gasteiger partial charge on any atom is 0.219 e. The molecule has 2 N–H and O–H groups in total. The van der Waals surface area contributed by atoms with Gasteiger partial charge in [0.15, 0.2) is 5.88 Å². The fraction of sp³-hybridized carbons (Fsp3) is 0.269. The first-order chi connectivity index (χ1) is 16.9. The van der Waals surface area contributed by atoms with E-state index in [1.165, 1.54) is 0 Å². The van der Waals surface area contributed by atoms with Gasteiger partial charge in [-0.05, 0) is 43.7 Å². The number of hydrogen-bond donors (Lipinski definition) is 2. The van der Waals surface area contributed by atoms with Crippen LogP contribution in [0.2, 0.25) is 0 Å². The van der Waals surface area contributed by atoms with E-state index >= 15 is 0 Å². The third-order valence-electron chi connectivity index (χ3n) is 6.42. The fourth-order valence-electron chi connectivity index (χ4n) is 4.46. The lowest BCUT2D eigenvalue weighted by atomic mass is 10.0. The van der Waals surface area contributed by atoms with Crippen LogP contribution in [0.3, 0.4) is 0 Å². The summed E-state index contributed by atoms with van der Waals surface area (Å²) in [5, 5.41) is 11.5. The monoisotopic (exact) mass is 469 g/mol. The zero-order valence-corrected chi connectivity index (χ0v) is 20.0. The average Bonchev–Trinajstić information content (AvgIpc) is 3.20. The van der Waals surface area contributed by atoms with E-state index in [4.69, 9.17) is 4.99 Å². The number of hydrogen-bond acceptors (Lipinski definition) is 7. The average molecular weight is 470 g/mol. The molecule has 4 aromatic rings. The number of aliphatic imine (C=N–C) groups is 1. The number of anilines is 1. The van der Waals surface area contributed by atoms with Crippen molar-refractivity contribution in [2.45, 2.75) is 20.8 Å². The molecule has 4 aromatic heterocycles. The van der Waals surface area contributed by atoms with Gasteiger partial charge in [-0.15, -0.1) is 0 Å². The van der Waals surface area contributed by atoms with Crippen molar-refractivity contribution in [1.29, 1.82) is 0 Å². The third kappa shape index (κ3) is 4.44. The summed E-state index contributed by atoms with van der Waals surface area (Å²) in [5.74, 6) is 1.02. The number of aryl methyl sites for hydroxylation is 1. The minimum atomic E-state index is 0.0519. The zero-order valence-electron chi connectivity index (χ0n) is 20.0. The number of aromatic nitrogens is 4. The topological polar surface area (TPSA) is 111 Å². The number of carbonyl (C=O) groups excluding carboxylic acids is 1. The molecule has 0 spiro atoms. The highest BCUT2D eigenvalue weighted by Gasteiger charge is 2.20. The minimum Gasteiger partial charge on any atom is -0.494 e. The van der Waals surface area contributed by atoms with E-state index in [1.54, 1.807) is 31.7 Å². The van der Waals surface area contributed by atoms with Gasteiger partial charge < -0.3 is 19.9 Å². The summed E-state index contributed by atoms with van der Waals surface area (Å²) in [5.41, 5.74) is 5.53. The highest BCUT2D eigenvalue weighted by atomic mass is 16.3. The standard InChI is InChI=1S/C26H27N7O2/c1-16-6-7-27-14-21(16)22-12-20-23(15-28-22)31-26(35)25(20)17(2)30-19-4-5-24(29-13-19)33-10-8-32(9-11-33)18(3)34/h4-7,12-15,31,35H,8-11H2,1-3H3. The van der Waals surface area contributed by atoms with E-state index in [0.717, 1.165) is 46.6 Å². The van der Waals surface area contributed by atoms with Crippen LogP contribution >= 0.6 is 0 Å². The molecule has 1 aliphatic rings. The second-order valence-corrected chi connectivity index (χ2v) is 8.72. The summed E-state index contributed by atoms with van der Waals surface area (Å²) >= 11 is 0. The van der Waals surface area contributed by atoms with Gasteiger partial charge in [0.05, 0.1) is 40.6 Å². The van der Waals surface area contributed by atoms with Crippen molar-refractivity contribution < 1.29 is 9.90 Å². The lowest BCUT2D eigenvalue weighted by molar-refractivity contribution is -0.129. The van der Waals surface area contributed by atoms with Crippen molar-refractivity contribution >= 4 is 34.0 Å². The Morgan fingerprint density at radius 3 is 2.54 bits per heavy atom. The molecule has 0 saturated carbocycles. The molecule has 9 nitrogen and oxygen atoms in total. The summed E-state index contributed by atoms with van der Waals surface area (Å²) in [6.45, 7) is 8.40. The first-order valence-corrected chi connectivity index (χ1v) is 11.5. The second-order valence-electron chi connectivity index (χ2n) is 8.72. The van der Waals surface area contributed by atoms with Gasteiger partial charge in [0.2, 0.25) is 5.91 Å². The Kier molecular flexibility index (Phi) is 5.90. The highest BCUT2D eigenvalue weighted by molar-refractivity contribution is 6.13. The molecular weight excluding hydrogens is 442 g/mol. The number of nitrogens with zero attached hydrogens (tertiary/aromatic N) is 6. The Balaban J connectivity index is 1.41. The van der Waals surface area contributed by atoms with Gasteiger partial charge in [-0.2, -0.15) is 0 Å². The highest BCUT2D eigenvalue weighted by Crippen LogP contribution is 2.32.